The van der Waals surface area contributed by atoms with Gasteiger partial charge in [0.15, 0.2) is 0 Å². The average Bonchev–Trinajstić information content (AvgIpc) is 2.88. The summed E-state index contributed by atoms with van der Waals surface area (Å²) < 4.78 is 8.96. The van der Waals surface area contributed by atoms with Crippen LogP contribution in [0.2, 0.25) is 0 Å². The Morgan fingerprint density at radius 1 is 1.65 bits per heavy atom. The molecule has 0 fully saturated rings. The highest BCUT2D eigenvalue weighted by molar-refractivity contribution is 7.07. The van der Waals surface area contributed by atoms with Crippen LogP contribution in [0, 0.1) is 6.92 Å². The van der Waals surface area contributed by atoms with E-state index in [4.69, 9.17) is 4.42 Å². The van der Waals surface area contributed by atoms with E-state index < -0.39 is 0 Å². The van der Waals surface area contributed by atoms with Crippen molar-refractivity contribution in [3.63, 3.8) is 0 Å². The van der Waals surface area contributed by atoms with Gasteiger partial charge in [0.2, 0.25) is 0 Å². The molecule has 1 amide bonds. The van der Waals surface area contributed by atoms with Gasteiger partial charge in [-0.2, -0.15) is 0 Å². The first kappa shape index (κ1) is 11.8. The van der Waals surface area contributed by atoms with E-state index in [1.54, 1.807) is 13.2 Å². The molecule has 2 rings (SSSR count). The second-order valence-corrected chi connectivity index (χ2v) is 4.60. The Balaban J connectivity index is 1.93. The number of nitrogens with zero attached hydrogens (tertiary/aromatic N) is 2. The minimum absolute atomic E-state index is 0.00940. The first-order chi connectivity index (χ1) is 8.16. The van der Waals surface area contributed by atoms with E-state index in [1.165, 1.54) is 0 Å². The molecule has 2 heterocycles. The third kappa shape index (κ3) is 2.91. The molecule has 1 N–H and O–H groups in total. The van der Waals surface area contributed by atoms with Gasteiger partial charge in [0.1, 0.15) is 10.6 Å². The largest absolute Gasteiger partial charge is 0.469 e. The summed E-state index contributed by atoms with van der Waals surface area (Å²) in [7, 11) is 0. The molecule has 0 bridgehead atoms. The normalized spacial score (nSPS) is 12.4. The van der Waals surface area contributed by atoms with Crippen molar-refractivity contribution in [1.82, 2.24) is 14.9 Å². The highest BCUT2D eigenvalue weighted by Crippen LogP contribution is 2.10. The minimum Gasteiger partial charge on any atom is -0.469 e. The number of carbonyl (C=O) groups excluding carboxylic acids is 1. The van der Waals surface area contributed by atoms with Gasteiger partial charge in [0.05, 0.1) is 12.0 Å². The zero-order chi connectivity index (χ0) is 12.3. The van der Waals surface area contributed by atoms with Crippen molar-refractivity contribution in [3.05, 3.63) is 34.7 Å². The van der Waals surface area contributed by atoms with Crippen molar-refractivity contribution < 1.29 is 9.21 Å². The number of furan rings is 1. The fourth-order valence-electron chi connectivity index (χ4n) is 1.51. The standard InChI is InChI=1S/C11H13N3O2S/c1-7(6-9-4-3-5-16-9)12-11(15)10-8(2)13-14-17-10/h3-5,7H,6H2,1-2H3,(H,12,15)/t7-/m0/s1. The Hall–Kier alpha value is -1.69. The Morgan fingerprint density at radius 3 is 3.06 bits per heavy atom. The molecule has 1 atom stereocenters. The molecular formula is C11H13N3O2S. The predicted molar refractivity (Wildman–Crippen MR) is 64.0 cm³/mol. The maximum absolute atomic E-state index is 11.9. The summed E-state index contributed by atoms with van der Waals surface area (Å²) in [4.78, 5) is 12.4. The minimum atomic E-state index is -0.128. The lowest BCUT2D eigenvalue weighted by Gasteiger charge is -2.11. The van der Waals surface area contributed by atoms with Gasteiger partial charge in [-0.05, 0) is 37.5 Å². The van der Waals surface area contributed by atoms with E-state index in [0.717, 1.165) is 17.3 Å². The van der Waals surface area contributed by atoms with Crippen molar-refractivity contribution in [2.24, 2.45) is 0 Å². The third-order valence-electron chi connectivity index (χ3n) is 2.32. The molecular weight excluding hydrogens is 238 g/mol. The SMILES string of the molecule is Cc1nnsc1C(=O)N[C@@H](C)Cc1ccco1. The molecule has 0 saturated heterocycles. The Morgan fingerprint density at radius 2 is 2.47 bits per heavy atom. The lowest BCUT2D eigenvalue weighted by atomic mass is 10.2. The van der Waals surface area contributed by atoms with Gasteiger partial charge in [0.25, 0.3) is 5.91 Å². The van der Waals surface area contributed by atoms with Crippen molar-refractivity contribution in [2.75, 3.05) is 0 Å². The summed E-state index contributed by atoms with van der Waals surface area (Å²) in [6.45, 7) is 3.71. The summed E-state index contributed by atoms with van der Waals surface area (Å²) in [6, 6.07) is 3.73. The molecule has 6 heteroatoms. The number of carbonyl (C=O) groups is 1. The number of hydrogen-bond donors (Lipinski definition) is 1. The Labute approximate surface area is 103 Å². The maximum atomic E-state index is 11.9. The lowest BCUT2D eigenvalue weighted by Crippen LogP contribution is -2.33. The molecule has 0 unspecified atom stereocenters. The first-order valence-corrected chi connectivity index (χ1v) is 6.06. The van der Waals surface area contributed by atoms with E-state index in [2.05, 4.69) is 14.9 Å². The molecule has 90 valence electrons. The van der Waals surface area contributed by atoms with Crippen LogP contribution in [-0.4, -0.2) is 21.5 Å². The second kappa shape index (κ2) is 5.09. The van der Waals surface area contributed by atoms with Crippen molar-refractivity contribution in [3.8, 4) is 0 Å². The van der Waals surface area contributed by atoms with E-state index in [9.17, 15) is 4.79 Å². The van der Waals surface area contributed by atoms with Crippen LogP contribution in [0.4, 0.5) is 0 Å². The number of hydrogen-bond acceptors (Lipinski definition) is 5. The highest BCUT2D eigenvalue weighted by atomic mass is 32.1. The van der Waals surface area contributed by atoms with Crippen LogP contribution in [-0.2, 0) is 6.42 Å². The van der Waals surface area contributed by atoms with Crippen LogP contribution < -0.4 is 5.32 Å². The molecule has 5 nitrogen and oxygen atoms in total. The number of nitrogens with one attached hydrogen (secondary N) is 1. The summed E-state index contributed by atoms with van der Waals surface area (Å²) in [5.74, 6) is 0.730. The molecule has 0 spiro atoms. The first-order valence-electron chi connectivity index (χ1n) is 5.29. The lowest BCUT2D eigenvalue weighted by molar-refractivity contribution is 0.0942. The van der Waals surface area contributed by atoms with E-state index in [1.807, 2.05) is 19.1 Å². The zero-order valence-corrected chi connectivity index (χ0v) is 10.5. The van der Waals surface area contributed by atoms with E-state index in [-0.39, 0.29) is 11.9 Å². The fraction of sp³-hybridized carbons (Fsp3) is 0.364. The number of rotatable bonds is 4. The van der Waals surface area contributed by atoms with Gasteiger partial charge in [-0.25, -0.2) is 0 Å². The smallest absolute Gasteiger partial charge is 0.265 e. The zero-order valence-electron chi connectivity index (χ0n) is 9.64. The van der Waals surface area contributed by atoms with Crippen LogP contribution in [0.3, 0.4) is 0 Å². The van der Waals surface area contributed by atoms with Crippen LogP contribution in [0.25, 0.3) is 0 Å². The van der Waals surface area contributed by atoms with Gasteiger partial charge in [0, 0.05) is 12.5 Å². The van der Waals surface area contributed by atoms with Crippen molar-refractivity contribution in [1.29, 1.82) is 0 Å². The Kier molecular flexibility index (Phi) is 3.53. The molecule has 2 aromatic rings. The second-order valence-electron chi connectivity index (χ2n) is 3.85. The molecule has 2 aromatic heterocycles. The fourth-order valence-corrected chi connectivity index (χ4v) is 2.07. The summed E-state index contributed by atoms with van der Waals surface area (Å²) >= 11 is 1.11. The van der Waals surface area contributed by atoms with E-state index >= 15 is 0 Å². The van der Waals surface area contributed by atoms with Gasteiger partial charge < -0.3 is 9.73 Å². The summed E-state index contributed by atoms with van der Waals surface area (Å²) in [5.41, 5.74) is 0.665. The topological polar surface area (TPSA) is 68.0 Å². The molecule has 0 aliphatic heterocycles. The van der Waals surface area contributed by atoms with Crippen molar-refractivity contribution in [2.45, 2.75) is 26.3 Å². The molecule has 0 saturated carbocycles. The van der Waals surface area contributed by atoms with Gasteiger partial charge in [-0.15, -0.1) is 5.10 Å². The van der Waals surface area contributed by atoms with Crippen LogP contribution >= 0.6 is 11.5 Å². The summed E-state index contributed by atoms with van der Waals surface area (Å²) in [6.07, 6.45) is 2.30. The third-order valence-corrected chi connectivity index (χ3v) is 3.15. The molecule has 0 aliphatic rings. The maximum Gasteiger partial charge on any atom is 0.265 e. The van der Waals surface area contributed by atoms with Crippen LogP contribution in [0.5, 0.6) is 0 Å². The number of aromatic nitrogens is 2. The monoisotopic (exact) mass is 251 g/mol. The van der Waals surface area contributed by atoms with Crippen molar-refractivity contribution >= 4 is 17.4 Å². The van der Waals surface area contributed by atoms with Gasteiger partial charge >= 0.3 is 0 Å². The quantitative estimate of drug-likeness (QED) is 0.899. The molecule has 0 radical (unpaired) electrons. The van der Waals surface area contributed by atoms with E-state index in [0.29, 0.717) is 17.0 Å². The van der Waals surface area contributed by atoms with Gasteiger partial charge in [-0.1, -0.05) is 4.49 Å². The number of amides is 1. The highest BCUT2D eigenvalue weighted by Gasteiger charge is 2.16. The average molecular weight is 251 g/mol. The molecule has 17 heavy (non-hydrogen) atoms. The molecule has 0 aromatic carbocycles. The Bertz CT molecular complexity index is 493. The van der Waals surface area contributed by atoms with Crippen LogP contribution in [0.15, 0.2) is 22.8 Å². The predicted octanol–water partition coefficient (Wildman–Crippen LogP) is 1.80. The van der Waals surface area contributed by atoms with Gasteiger partial charge in [-0.3, -0.25) is 4.79 Å². The number of aryl methyl sites for hydroxylation is 1. The van der Waals surface area contributed by atoms with Crippen LogP contribution in [0.1, 0.15) is 28.0 Å². The summed E-state index contributed by atoms with van der Waals surface area (Å²) in [5, 5.41) is 6.70. The molecule has 0 aliphatic carbocycles.